The Hall–Kier alpha value is -1.56. The van der Waals surface area contributed by atoms with Gasteiger partial charge in [0.1, 0.15) is 0 Å². The van der Waals surface area contributed by atoms with Crippen molar-refractivity contribution in [2.24, 2.45) is 0 Å². The molecule has 6 heteroatoms. The Kier molecular flexibility index (Phi) is 6.68. The van der Waals surface area contributed by atoms with Crippen LogP contribution in [0.25, 0.3) is 0 Å². The second kappa shape index (κ2) is 8.02. The van der Waals surface area contributed by atoms with Gasteiger partial charge in [0.15, 0.2) is 0 Å². The molecule has 1 unspecified atom stereocenters. The van der Waals surface area contributed by atoms with E-state index in [1.54, 1.807) is 13.0 Å². The molecule has 1 aromatic rings. The van der Waals surface area contributed by atoms with Gasteiger partial charge in [-0.05, 0) is 37.6 Å². The second-order valence-electron chi connectivity index (χ2n) is 4.64. The molecule has 0 radical (unpaired) electrons. The van der Waals surface area contributed by atoms with E-state index in [0.29, 0.717) is 12.1 Å². The molecule has 21 heavy (non-hydrogen) atoms. The fourth-order valence-corrected chi connectivity index (χ4v) is 1.94. The fraction of sp³-hybridized carbons (Fsp3) is 0.533. The number of halogens is 3. The first-order valence-electron chi connectivity index (χ1n) is 6.94. The van der Waals surface area contributed by atoms with Crippen LogP contribution in [0.4, 0.5) is 13.2 Å². The van der Waals surface area contributed by atoms with E-state index in [1.807, 2.05) is 6.92 Å². The summed E-state index contributed by atoms with van der Waals surface area (Å²) in [6, 6.07) is 4.55. The molecule has 1 N–H and O–H groups in total. The number of rotatable bonds is 7. The summed E-state index contributed by atoms with van der Waals surface area (Å²) < 4.78 is 43.1. The van der Waals surface area contributed by atoms with Gasteiger partial charge < -0.3 is 10.1 Å². The van der Waals surface area contributed by atoms with E-state index in [1.165, 1.54) is 6.07 Å². The Morgan fingerprint density at radius 2 is 2.05 bits per heavy atom. The summed E-state index contributed by atoms with van der Waals surface area (Å²) in [6.45, 7) is 4.50. The first-order valence-corrected chi connectivity index (χ1v) is 6.94. The molecule has 0 saturated carbocycles. The molecule has 0 aliphatic carbocycles. The van der Waals surface area contributed by atoms with Crippen LogP contribution < -0.4 is 5.32 Å². The standard InChI is InChI=1S/C15H20F3NO2/c1-3-8-19-13(10-14(20)21-4-2)11-6-5-7-12(9-11)15(16,17)18/h5-7,9,13,19H,3-4,8,10H2,1-2H3. The molecule has 0 aliphatic rings. The molecule has 0 heterocycles. The third kappa shape index (κ3) is 5.75. The van der Waals surface area contributed by atoms with Crippen molar-refractivity contribution in [3.63, 3.8) is 0 Å². The molecule has 0 amide bonds. The summed E-state index contributed by atoms with van der Waals surface area (Å²) in [5.41, 5.74) is -0.279. The Morgan fingerprint density at radius 1 is 1.33 bits per heavy atom. The lowest BCUT2D eigenvalue weighted by molar-refractivity contribution is -0.143. The topological polar surface area (TPSA) is 38.3 Å². The molecule has 0 fully saturated rings. The first kappa shape index (κ1) is 17.5. The number of alkyl halides is 3. The van der Waals surface area contributed by atoms with Gasteiger partial charge in [-0.2, -0.15) is 13.2 Å². The van der Waals surface area contributed by atoms with E-state index < -0.39 is 23.8 Å². The molecule has 1 rings (SSSR count). The highest BCUT2D eigenvalue weighted by Crippen LogP contribution is 2.31. The molecule has 0 bridgehead atoms. The first-order chi connectivity index (χ1) is 9.88. The third-order valence-corrected chi connectivity index (χ3v) is 2.93. The Balaban J connectivity index is 2.94. The minimum Gasteiger partial charge on any atom is -0.466 e. The monoisotopic (exact) mass is 303 g/mol. The van der Waals surface area contributed by atoms with Gasteiger partial charge in [0, 0.05) is 6.04 Å². The predicted octanol–water partition coefficient (Wildman–Crippen LogP) is 3.70. The number of carbonyl (C=O) groups is 1. The normalized spacial score (nSPS) is 13.0. The van der Waals surface area contributed by atoms with Crippen molar-refractivity contribution in [2.75, 3.05) is 13.2 Å². The minimum atomic E-state index is -4.39. The average molecular weight is 303 g/mol. The zero-order valence-corrected chi connectivity index (χ0v) is 12.2. The van der Waals surface area contributed by atoms with Gasteiger partial charge in [-0.15, -0.1) is 0 Å². The Morgan fingerprint density at radius 3 is 2.62 bits per heavy atom. The van der Waals surface area contributed by atoms with Gasteiger partial charge in [-0.3, -0.25) is 4.79 Å². The summed E-state index contributed by atoms with van der Waals surface area (Å²) in [5, 5.41) is 3.09. The van der Waals surface area contributed by atoms with E-state index in [4.69, 9.17) is 4.74 Å². The molecule has 1 aromatic carbocycles. The van der Waals surface area contributed by atoms with Crippen molar-refractivity contribution in [1.29, 1.82) is 0 Å². The van der Waals surface area contributed by atoms with Gasteiger partial charge in [-0.1, -0.05) is 19.1 Å². The third-order valence-electron chi connectivity index (χ3n) is 2.93. The van der Waals surface area contributed by atoms with Crippen LogP contribution in [0.2, 0.25) is 0 Å². The minimum absolute atomic E-state index is 0.00908. The van der Waals surface area contributed by atoms with Crippen LogP contribution in [0.1, 0.15) is 43.9 Å². The largest absolute Gasteiger partial charge is 0.466 e. The lowest BCUT2D eigenvalue weighted by atomic mass is 10.0. The highest BCUT2D eigenvalue weighted by Gasteiger charge is 2.31. The maximum Gasteiger partial charge on any atom is 0.416 e. The zero-order chi connectivity index (χ0) is 15.9. The van der Waals surface area contributed by atoms with E-state index >= 15 is 0 Å². The van der Waals surface area contributed by atoms with Gasteiger partial charge in [0.05, 0.1) is 18.6 Å². The summed E-state index contributed by atoms with van der Waals surface area (Å²) in [7, 11) is 0. The Bertz CT molecular complexity index is 460. The molecule has 0 saturated heterocycles. The van der Waals surface area contributed by atoms with E-state index in [-0.39, 0.29) is 13.0 Å². The fourth-order valence-electron chi connectivity index (χ4n) is 1.94. The molecule has 0 aromatic heterocycles. The summed E-state index contributed by atoms with van der Waals surface area (Å²) in [4.78, 5) is 11.6. The summed E-state index contributed by atoms with van der Waals surface area (Å²) in [6.07, 6.45) is -3.57. The Labute approximate surface area is 122 Å². The zero-order valence-electron chi connectivity index (χ0n) is 12.2. The lowest BCUT2D eigenvalue weighted by Crippen LogP contribution is -2.25. The smallest absolute Gasteiger partial charge is 0.416 e. The maximum atomic E-state index is 12.8. The molecule has 0 spiro atoms. The lowest BCUT2D eigenvalue weighted by Gasteiger charge is -2.19. The number of esters is 1. The highest BCUT2D eigenvalue weighted by molar-refractivity contribution is 5.70. The van der Waals surface area contributed by atoms with Crippen molar-refractivity contribution in [3.05, 3.63) is 35.4 Å². The molecule has 3 nitrogen and oxygen atoms in total. The van der Waals surface area contributed by atoms with Crippen LogP contribution in [-0.4, -0.2) is 19.1 Å². The van der Waals surface area contributed by atoms with Crippen LogP contribution in [0.3, 0.4) is 0 Å². The number of benzene rings is 1. The SMILES string of the molecule is CCCNC(CC(=O)OCC)c1cccc(C(F)(F)F)c1. The van der Waals surface area contributed by atoms with E-state index in [0.717, 1.165) is 18.6 Å². The van der Waals surface area contributed by atoms with Crippen LogP contribution in [-0.2, 0) is 15.7 Å². The average Bonchev–Trinajstić information content (AvgIpc) is 2.43. The van der Waals surface area contributed by atoms with Crippen LogP contribution in [0.15, 0.2) is 24.3 Å². The summed E-state index contributed by atoms with van der Waals surface area (Å²) >= 11 is 0. The second-order valence-corrected chi connectivity index (χ2v) is 4.64. The van der Waals surface area contributed by atoms with Crippen molar-refractivity contribution < 1.29 is 22.7 Å². The van der Waals surface area contributed by atoms with Gasteiger partial charge in [0.25, 0.3) is 0 Å². The van der Waals surface area contributed by atoms with E-state index in [2.05, 4.69) is 5.32 Å². The highest BCUT2D eigenvalue weighted by atomic mass is 19.4. The molecule has 0 aliphatic heterocycles. The number of carbonyl (C=O) groups excluding carboxylic acids is 1. The number of nitrogens with one attached hydrogen (secondary N) is 1. The van der Waals surface area contributed by atoms with E-state index in [9.17, 15) is 18.0 Å². The van der Waals surface area contributed by atoms with Crippen LogP contribution >= 0.6 is 0 Å². The maximum absolute atomic E-state index is 12.8. The molecular weight excluding hydrogens is 283 g/mol. The van der Waals surface area contributed by atoms with Gasteiger partial charge in [0.2, 0.25) is 0 Å². The van der Waals surface area contributed by atoms with Crippen molar-refractivity contribution in [1.82, 2.24) is 5.32 Å². The van der Waals surface area contributed by atoms with Crippen LogP contribution in [0, 0.1) is 0 Å². The number of hydrogen-bond acceptors (Lipinski definition) is 3. The summed E-state index contributed by atoms with van der Waals surface area (Å²) in [5.74, 6) is -0.427. The predicted molar refractivity (Wildman–Crippen MR) is 73.7 cm³/mol. The molecule has 1 atom stereocenters. The van der Waals surface area contributed by atoms with Crippen LogP contribution in [0.5, 0.6) is 0 Å². The van der Waals surface area contributed by atoms with Gasteiger partial charge >= 0.3 is 12.1 Å². The van der Waals surface area contributed by atoms with Crippen molar-refractivity contribution in [2.45, 2.75) is 38.9 Å². The van der Waals surface area contributed by atoms with Gasteiger partial charge in [-0.25, -0.2) is 0 Å². The number of ether oxygens (including phenoxy) is 1. The quantitative estimate of drug-likeness (QED) is 0.781. The molecule has 118 valence electrons. The number of hydrogen-bond donors (Lipinski definition) is 1. The van der Waals surface area contributed by atoms with Crippen molar-refractivity contribution in [3.8, 4) is 0 Å². The molecular formula is C15H20F3NO2. The van der Waals surface area contributed by atoms with Crippen molar-refractivity contribution >= 4 is 5.97 Å².